The summed E-state index contributed by atoms with van der Waals surface area (Å²) in [5.41, 5.74) is 0.963. The van der Waals surface area contributed by atoms with Gasteiger partial charge >= 0.3 is 0 Å². The van der Waals surface area contributed by atoms with Gasteiger partial charge in [-0.15, -0.1) is 9.24 Å². The number of rotatable bonds is 0. The molecule has 0 amide bonds. The molecule has 0 nitrogen and oxygen atoms in total. The largest absolute Gasteiger partial charge is 0.134 e. The molecule has 1 atom stereocenters. The first kappa shape index (κ1) is 8.03. The summed E-state index contributed by atoms with van der Waals surface area (Å²) in [6.45, 7) is 0. The maximum atomic E-state index is 2.87. The van der Waals surface area contributed by atoms with E-state index in [4.69, 9.17) is 0 Å². The van der Waals surface area contributed by atoms with Gasteiger partial charge < -0.3 is 0 Å². The minimum atomic E-state index is 0. The summed E-state index contributed by atoms with van der Waals surface area (Å²) in [7, 11) is 2.87. The van der Waals surface area contributed by atoms with E-state index < -0.39 is 0 Å². The van der Waals surface area contributed by atoms with Gasteiger partial charge in [-0.3, -0.25) is 0 Å². The van der Waals surface area contributed by atoms with Crippen molar-refractivity contribution in [2.75, 3.05) is 0 Å². The van der Waals surface area contributed by atoms with E-state index >= 15 is 0 Å². The molecular weight excluding hydrogens is 98.0 g/mol. The molecule has 0 bridgehead atoms. The van der Waals surface area contributed by atoms with Gasteiger partial charge in [-0.1, -0.05) is 12.8 Å². The van der Waals surface area contributed by atoms with E-state index in [0.717, 1.165) is 5.66 Å². The van der Waals surface area contributed by atoms with E-state index in [2.05, 4.69) is 9.24 Å². The van der Waals surface area contributed by atoms with Gasteiger partial charge in [-0.2, -0.15) is 0 Å². The second-order valence-corrected chi connectivity index (χ2v) is 2.99. The molecule has 2 heteroatoms. The fraction of sp³-hybridized carbons (Fsp3) is 1.00. The third-order valence-electron chi connectivity index (χ3n) is 1.40. The fourth-order valence-electron chi connectivity index (χ4n) is 0.957. The van der Waals surface area contributed by atoms with E-state index in [1.807, 2.05) is 0 Å². The van der Waals surface area contributed by atoms with Gasteiger partial charge in [0, 0.05) is 18.9 Å². The Balaban J connectivity index is 0.000000360. The van der Waals surface area contributed by atoms with Crippen molar-refractivity contribution in [3.8, 4) is 0 Å². The van der Waals surface area contributed by atoms with Gasteiger partial charge in [0.05, 0.1) is 0 Å². The third kappa shape index (κ3) is 2.76. The predicted molar refractivity (Wildman–Crippen MR) is 37.7 cm³/mol. The molecule has 0 saturated heterocycles. The van der Waals surface area contributed by atoms with Crippen LogP contribution in [-0.4, -0.2) is 24.5 Å². The maximum Gasteiger partial charge on any atom is 0 e. The van der Waals surface area contributed by atoms with Crippen LogP contribution in [0.15, 0.2) is 0 Å². The average Bonchev–Trinajstić information content (AvgIpc) is 1.86. The molecule has 1 rings (SSSR count). The molecule has 0 aromatic rings. The van der Waals surface area contributed by atoms with Crippen molar-refractivity contribution in [1.29, 1.82) is 0 Å². The molecule has 1 aliphatic rings. The molecule has 37 valence electrons. The van der Waals surface area contributed by atoms with Crippen LogP contribution in [0.1, 0.15) is 25.7 Å². The zero-order valence-corrected chi connectivity index (χ0v) is 6.14. The smallest absolute Gasteiger partial charge is 0 e. The van der Waals surface area contributed by atoms with Gasteiger partial charge in [0.25, 0.3) is 0 Å². The van der Waals surface area contributed by atoms with Crippen LogP contribution in [0.3, 0.4) is 0 Å². The second-order valence-electron chi connectivity index (χ2n) is 2.04. The summed E-state index contributed by atoms with van der Waals surface area (Å²) < 4.78 is 0. The van der Waals surface area contributed by atoms with Gasteiger partial charge in [-0.25, -0.2) is 0 Å². The number of hydrogen-bond acceptors (Lipinski definition) is 0. The van der Waals surface area contributed by atoms with Crippen LogP contribution in [0.4, 0.5) is 0 Å². The number of hydrogen-bond donors (Lipinski definition) is 0. The summed E-state index contributed by atoms with van der Waals surface area (Å²) in [5.74, 6) is 0. The van der Waals surface area contributed by atoms with E-state index in [0.29, 0.717) is 0 Å². The fourth-order valence-corrected chi connectivity index (χ4v) is 1.43. The molecule has 0 aromatic carbocycles. The summed E-state index contributed by atoms with van der Waals surface area (Å²) in [4.78, 5) is 0. The molecule has 0 N–H and O–H groups in total. The topological polar surface area (TPSA) is 0 Å². The Bertz CT molecular complexity index is 41.3. The first-order valence-corrected chi connectivity index (χ1v) is 3.32. The van der Waals surface area contributed by atoms with Crippen LogP contribution in [0.25, 0.3) is 0 Å². The summed E-state index contributed by atoms with van der Waals surface area (Å²) in [5, 5.41) is 0. The summed E-state index contributed by atoms with van der Waals surface area (Å²) >= 11 is 0. The average molecular weight is 109 g/mol. The predicted octanol–water partition coefficient (Wildman–Crippen LogP) is 1.42. The van der Waals surface area contributed by atoms with Gasteiger partial charge in [0.1, 0.15) is 0 Å². The van der Waals surface area contributed by atoms with E-state index in [9.17, 15) is 0 Å². The maximum absolute atomic E-state index is 2.87. The van der Waals surface area contributed by atoms with Crippen LogP contribution in [0.5, 0.6) is 0 Å². The molecule has 1 radical (unpaired) electrons. The van der Waals surface area contributed by atoms with Gasteiger partial charge in [0.15, 0.2) is 0 Å². The monoisotopic (exact) mass is 109 g/mol. The Morgan fingerprint density at radius 1 is 1.14 bits per heavy atom. The van der Waals surface area contributed by atoms with Crippen molar-refractivity contribution in [2.24, 2.45) is 0 Å². The van der Waals surface area contributed by atoms with Crippen LogP contribution < -0.4 is 0 Å². The minimum Gasteiger partial charge on any atom is -0.134 e. The zero-order chi connectivity index (χ0) is 4.41. The molecule has 1 aliphatic carbocycles. The standard InChI is InChI=1S/C5H11P.Li/c6-5-3-1-2-4-5;/h5H,1-4,6H2;. The zero-order valence-electron chi connectivity index (χ0n) is 4.98. The molecular formula is C5H11LiP. The Morgan fingerprint density at radius 3 is 1.71 bits per heavy atom. The molecule has 1 saturated carbocycles. The van der Waals surface area contributed by atoms with Gasteiger partial charge in [-0.05, 0) is 18.5 Å². The van der Waals surface area contributed by atoms with Crippen LogP contribution >= 0.6 is 9.24 Å². The molecule has 7 heavy (non-hydrogen) atoms. The van der Waals surface area contributed by atoms with Crippen molar-refractivity contribution < 1.29 is 0 Å². The first-order chi connectivity index (χ1) is 2.89. The Hall–Kier alpha value is 1.03. The normalized spacial score (nSPS) is 21.9. The van der Waals surface area contributed by atoms with Crippen molar-refractivity contribution in [1.82, 2.24) is 0 Å². The molecule has 0 spiro atoms. The summed E-state index contributed by atoms with van der Waals surface area (Å²) in [6, 6.07) is 0. The van der Waals surface area contributed by atoms with Crippen molar-refractivity contribution >= 4 is 28.1 Å². The van der Waals surface area contributed by atoms with E-state index in [1.165, 1.54) is 25.7 Å². The third-order valence-corrected chi connectivity index (χ3v) is 2.07. The van der Waals surface area contributed by atoms with Crippen molar-refractivity contribution in [2.45, 2.75) is 31.3 Å². The van der Waals surface area contributed by atoms with E-state index in [1.54, 1.807) is 0 Å². The Kier molecular flexibility index (Phi) is 4.54. The molecule has 0 heterocycles. The van der Waals surface area contributed by atoms with E-state index in [-0.39, 0.29) is 18.9 Å². The molecule has 0 aromatic heterocycles. The SMILES string of the molecule is PC1CCCC1.[Li]. The van der Waals surface area contributed by atoms with Crippen LogP contribution in [-0.2, 0) is 0 Å². The second kappa shape index (κ2) is 3.96. The van der Waals surface area contributed by atoms with Gasteiger partial charge in [0.2, 0.25) is 0 Å². The Labute approximate surface area is 59.8 Å². The first-order valence-electron chi connectivity index (χ1n) is 2.65. The van der Waals surface area contributed by atoms with Crippen LogP contribution in [0.2, 0.25) is 0 Å². The minimum absolute atomic E-state index is 0. The molecule has 0 aliphatic heterocycles. The molecule has 1 fully saturated rings. The quantitative estimate of drug-likeness (QED) is 0.326. The Morgan fingerprint density at radius 2 is 1.57 bits per heavy atom. The van der Waals surface area contributed by atoms with Crippen molar-refractivity contribution in [3.63, 3.8) is 0 Å². The molecule has 1 unspecified atom stereocenters. The summed E-state index contributed by atoms with van der Waals surface area (Å²) in [6.07, 6.45) is 5.83. The van der Waals surface area contributed by atoms with Crippen molar-refractivity contribution in [3.05, 3.63) is 0 Å². The van der Waals surface area contributed by atoms with Crippen LogP contribution in [0, 0.1) is 0 Å².